The van der Waals surface area contributed by atoms with E-state index in [9.17, 15) is 17.1 Å². The largest absolute Gasteiger partial charge is 0.341 e. The van der Waals surface area contributed by atoms with Crippen molar-refractivity contribution in [1.29, 1.82) is 0 Å². The van der Waals surface area contributed by atoms with Crippen LogP contribution in [0.15, 0.2) is 36.5 Å². The van der Waals surface area contributed by atoms with E-state index in [-0.39, 0.29) is 18.9 Å². The zero-order valence-corrected chi connectivity index (χ0v) is 12.6. The standard InChI is InChI=1S/C15H15FN2O3S/c16-22(20,21)12-9-15(19)18(10-12)8-6-11-3-1-5-14-13(11)4-2-7-17-14/h1-5,7,12H,6,8-10H2. The minimum absolute atomic E-state index is 0.0688. The number of carbonyl (C=O) groups excluding carboxylic acids is 1. The molecular weight excluding hydrogens is 307 g/mol. The van der Waals surface area contributed by atoms with Crippen molar-refractivity contribution in [2.45, 2.75) is 18.1 Å². The average molecular weight is 322 g/mol. The average Bonchev–Trinajstić information content (AvgIpc) is 2.86. The first-order valence-corrected chi connectivity index (χ1v) is 8.43. The Labute approximate surface area is 128 Å². The summed E-state index contributed by atoms with van der Waals surface area (Å²) >= 11 is 0. The predicted octanol–water partition coefficient (Wildman–Crippen LogP) is 1.68. The Hall–Kier alpha value is -2.02. The van der Waals surface area contributed by atoms with Crippen LogP contribution in [0, 0.1) is 0 Å². The molecule has 0 aliphatic carbocycles. The number of hydrogen-bond donors (Lipinski definition) is 0. The molecule has 1 aliphatic heterocycles. The van der Waals surface area contributed by atoms with E-state index in [0.717, 1.165) is 16.5 Å². The number of carbonyl (C=O) groups is 1. The van der Waals surface area contributed by atoms with Crippen molar-refractivity contribution in [1.82, 2.24) is 9.88 Å². The third-order valence-electron chi connectivity index (χ3n) is 3.96. The molecule has 2 aromatic rings. The smallest absolute Gasteiger partial charge is 0.307 e. The molecule has 0 radical (unpaired) electrons. The van der Waals surface area contributed by atoms with E-state index in [2.05, 4.69) is 4.98 Å². The van der Waals surface area contributed by atoms with Gasteiger partial charge >= 0.3 is 10.2 Å². The Bertz CT molecular complexity index is 817. The molecule has 5 nitrogen and oxygen atoms in total. The Kier molecular flexibility index (Phi) is 3.82. The summed E-state index contributed by atoms with van der Waals surface area (Å²) in [7, 11) is -4.66. The Balaban J connectivity index is 1.74. The molecule has 7 heteroatoms. The van der Waals surface area contributed by atoms with Gasteiger partial charge in [0.15, 0.2) is 0 Å². The van der Waals surface area contributed by atoms with Crippen LogP contribution in [0.2, 0.25) is 0 Å². The van der Waals surface area contributed by atoms with Gasteiger partial charge in [-0.15, -0.1) is 3.89 Å². The molecule has 1 unspecified atom stereocenters. The first kappa shape index (κ1) is 14.9. The summed E-state index contributed by atoms with van der Waals surface area (Å²) < 4.78 is 34.8. The summed E-state index contributed by atoms with van der Waals surface area (Å²) in [6.45, 7) is 0.305. The molecule has 0 saturated carbocycles. The van der Waals surface area contributed by atoms with Crippen molar-refractivity contribution in [2.75, 3.05) is 13.1 Å². The normalized spacial score (nSPS) is 19.0. The predicted molar refractivity (Wildman–Crippen MR) is 80.5 cm³/mol. The van der Waals surface area contributed by atoms with E-state index in [4.69, 9.17) is 0 Å². The van der Waals surface area contributed by atoms with Gasteiger partial charge in [0.1, 0.15) is 5.25 Å². The van der Waals surface area contributed by atoms with Gasteiger partial charge in [-0.3, -0.25) is 9.78 Å². The van der Waals surface area contributed by atoms with Crippen LogP contribution >= 0.6 is 0 Å². The molecule has 3 rings (SSSR count). The van der Waals surface area contributed by atoms with Crippen LogP contribution in [0.1, 0.15) is 12.0 Å². The molecule has 1 aromatic heterocycles. The lowest BCUT2D eigenvalue weighted by Crippen LogP contribution is -2.29. The van der Waals surface area contributed by atoms with Gasteiger partial charge in [0.2, 0.25) is 5.91 Å². The quantitative estimate of drug-likeness (QED) is 0.803. The molecule has 0 spiro atoms. The van der Waals surface area contributed by atoms with Gasteiger partial charge in [0, 0.05) is 31.1 Å². The highest BCUT2D eigenvalue weighted by Crippen LogP contribution is 2.21. The number of hydrogen-bond acceptors (Lipinski definition) is 4. The van der Waals surface area contributed by atoms with Crippen LogP contribution in [-0.2, 0) is 21.4 Å². The monoisotopic (exact) mass is 322 g/mol. The van der Waals surface area contributed by atoms with E-state index in [1.54, 1.807) is 6.20 Å². The number of pyridine rings is 1. The van der Waals surface area contributed by atoms with Gasteiger partial charge in [-0.2, -0.15) is 8.42 Å². The third-order valence-corrected chi connectivity index (χ3v) is 5.08. The third kappa shape index (κ3) is 2.94. The van der Waals surface area contributed by atoms with Gasteiger partial charge in [0.05, 0.1) is 5.52 Å². The molecule has 1 aromatic carbocycles. The molecular formula is C15H15FN2O3S. The second-order valence-electron chi connectivity index (χ2n) is 5.38. The lowest BCUT2D eigenvalue weighted by atomic mass is 10.1. The first-order chi connectivity index (χ1) is 10.4. The van der Waals surface area contributed by atoms with E-state index >= 15 is 0 Å². The highest BCUT2D eigenvalue weighted by Gasteiger charge is 2.38. The zero-order valence-electron chi connectivity index (χ0n) is 11.8. The maximum Gasteiger partial charge on any atom is 0.307 e. The van der Waals surface area contributed by atoms with Crippen LogP contribution in [0.25, 0.3) is 10.9 Å². The minimum Gasteiger partial charge on any atom is -0.341 e. The number of rotatable bonds is 4. The Morgan fingerprint density at radius 2 is 2.09 bits per heavy atom. The molecule has 0 bridgehead atoms. The van der Waals surface area contributed by atoms with Gasteiger partial charge in [-0.1, -0.05) is 18.2 Å². The fourth-order valence-corrected chi connectivity index (χ4v) is 3.48. The number of benzene rings is 1. The number of nitrogens with zero attached hydrogens (tertiary/aromatic N) is 2. The Morgan fingerprint density at radius 1 is 1.27 bits per heavy atom. The van der Waals surface area contributed by atoms with Crippen molar-refractivity contribution in [3.8, 4) is 0 Å². The molecule has 1 fully saturated rings. The molecule has 116 valence electrons. The Morgan fingerprint density at radius 3 is 2.82 bits per heavy atom. The molecule has 1 atom stereocenters. The van der Waals surface area contributed by atoms with Crippen molar-refractivity contribution >= 4 is 27.0 Å². The zero-order chi connectivity index (χ0) is 15.7. The van der Waals surface area contributed by atoms with Crippen LogP contribution in [0.4, 0.5) is 3.89 Å². The number of halogens is 1. The SMILES string of the molecule is O=C1CC(S(=O)(=O)F)CN1CCc1cccc2ncccc12. The lowest BCUT2D eigenvalue weighted by Gasteiger charge is -2.16. The molecule has 22 heavy (non-hydrogen) atoms. The van der Waals surface area contributed by atoms with Gasteiger partial charge in [-0.25, -0.2) is 0 Å². The van der Waals surface area contributed by atoms with Gasteiger partial charge in [-0.05, 0) is 24.1 Å². The maximum absolute atomic E-state index is 13.0. The van der Waals surface area contributed by atoms with Crippen LogP contribution in [0.3, 0.4) is 0 Å². The summed E-state index contributed by atoms with van der Waals surface area (Å²) in [5.41, 5.74) is 1.90. The molecule has 1 aliphatic rings. The van der Waals surface area contributed by atoms with Crippen molar-refractivity contribution in [3.05, 3.63) is 42.1 Å². The molecule has 2 heterocycles. The maximum atomic E-state index is 13.0. The molecule has 1 saturated heterocycles. The van der Waals surface area contributed by atoms with Gasteiger partial charge < -0.3 is 4.90 Å². The number of likely N-dealkylation sites (tertiary alicyclic amines) is 1. The van der Waals surface area contributed by atoms with Crippen molar-refractivity contribution < 1.29 is 17.1 Å². The van der Waals surface area contributed by atoms with E-state index < -0.39 is 15.5 Å². The molecule has 1 amide bonds. The summed E-state index contributed by atoms with van der Waals surface area (Å²) in [5, 5.41) is -0.222. The summed E-state index contributed by atoms with van der Waals surface area (Å²) in [4.78, 5) is 17.5. The lowest BCUT2D eigenvalue weighted by molar-refractivity contribution is -0.127. The highest BCUT2D eigenvalue weighted by atomic mass is 32.3. The van der Waals surface area contributed by atoms with Crippen LogP contribution < -0.4 is 0 Å². The summed E-state index contributed by atoms with van der Waals surface area (Å²) in [6, 6.07) is 9.56. The van der Waals surface area contributed by atoms with E-state index in [0.29, 0.717) is 13.0 Å². The number of amides is 1. The first-order valence-electron chi connectivity index (χ1n) is 6.99. The van der Waals surface area contributed by atoms with Crippen molar-refractivity contribution in [3.63, 3.8) is 0 Å². The van der Waals surface area contributed by atoms with E-state index in [1.165, 1.54) is 4.90 Å². The second kappa shape index (κ2) is 5.64. The second-order valence-corrected chi connectivity index (χ2v) is 7.00. The highest BCUT2D eigenvalue weighted by molar-refractivity contribution is 7.87. The molecule has 0 N–H and O–H groups in total. The fourth-order valence-electron chi connectivity index (χ4n) is 2.78. The number of fused-ring (bicyclic) bond motifs is 1. The van der Waals surface area contributed by atoms with Crippen molar-refractivity contribution in [2.24, 2.45) is 0 Å². The summed E-state index contributed by atoms with van der Waals surface area (Å²) in [6.07, 6.45) is 2.02. The minimum atomic E-state index is -4.66. The summed E-state index contributed by atoms with van der Waals surface area (Å²) in [5.74, 6) is -0.315. The van der Waals surface area contributed by atoms with Gasteiger partial charge in [0.25, 0.3) is 0 Å². The van der Waals surface area contributed by atoms with Crippen LogP contribution in [0.5, 0.6) is 0 Å². The topological polar surface area (TPSA) is 67.3 Å². The van der Waals surface area contributed by atoms with E-state index in [1.807, 2.05) is 30.3 Å². The van der Waals surface area contributed by atoms with Crippen LogP contribution in [-0.4, -0.2) is 42.5 Å². The fraction of sp³-hybridized carbons (Fsp3) is 0.333. The number of aromatic nitrogens is 1.